The Morgan fingerprint density at radius 2 is 1.60 bits per heavy atom. The van der Waals surface area contributed by atoms with Crippen molar-refractivity contribution < 1.29 is 14.3 Å². The van der Waals surface area contributed by atoms with Crippen molar-refractivity contribution in [1.29, 1.82) is 0 Å². The molecule has 2 amide bonds. The van der Waals surface area contributed by atoms with Crippen molar-refractivity contribution in [3.8, 4) is 5.75 Å². The predicted molar refractivity (Wildman–Crippen MR) is 120 cm³/mol. The Kier molecular flexibility index (Phi) is 6.72. The van der Waals surface area contributed by atoms with E-state index in [0.717, 1.165) is 27.6 Å². The van der Waals surface area contributed by atoms with Crippen molar-refractivity contribution in [3.63, 3.8) is 0 Å². The number of ether oxygens (including phenoxy) is 1. The zero-order valence-corrected chi connectivity index (χ0v) is 17.9. The molecule has 3 aromatic rings. The molecule has 0 saturated carbocycles. The summed E-state index contributed by atoms with van der Waals surface area (Å²) < 4.78 is 5.26. The van der Waals surface area contributed by atoms with Gasteiger partial charge in [0.1, 0.15) is 11.8 Å². The molecule has 0 spiro atoms. The second kappa shape index (κ2) is 9.44. The Morgan fingerprint density at radius 3 is 2.27 bits per heavy atom. The van der Waals surface area contributed by atoms with E-state index in [2.05, 4.69) is 10.6 Å². The minimum Gasteiger partial charge on any atom is -0.497 e. The van der Waals surface area contributed by atoms with Crippen LogP contribution in [0.2, 0.25) is 0 Å². The van der Waals surface area contributed by atoms with Crippen molar-refractivity contribution in [1.82, 2.24) is 10.6 Å². The summed E-state index contributed by atoms with van der Waals surface area (Å²) in [5, 5.41) is 7.98. The number of methoxy groups -OCH3 is 1. The van der Waals surface area contributed by atoms with Gasteiger partial charge in [0.25, 0.3) is 5.91 Å². The van der Waals surface area contributed by atoms with Gasteiger partial charge in [0, 0.05) is 12.1 Å². The van der Waals surface area contributed by atoms with Crippen LogP contribution >= 0.6 is 0 Å². The van der Waals surface area contributed by atoms with E-state index in [4.69, 9.17) is 4.74 Å². The van der Waals surface area contributed by atoms with Crippen LogP contribution in [0.25, 0.3) is 10.8 Å². The standard InChI is InChI=1S/C25H28N2O3/c1-16(2)23(27-24(28)19-8-5-17(3)6-9-19)25(29)26-15-18-7-10-21-14-22(30-4)12-11-20(21)13-18/h5-14,16,23H,15H2,1-4H3,(H,26,29)(H,27,28)/t23-/m1/s1. The molecule has 0 aromatic heterocycles. The highest BCUT2D eigenvalue weighted by molar-refractivity contribution is 5.97. The number of carbonyl (C=O) groups is 2. The van der Waals surface area contributed by atoms with E-state index in [9.17, 15) is 9.59 Å². The van der Waals surface area contributed by atoms with Crippen molar-refractivity contribution in [2.45, 2.75) is 33.4 Å². The third-order valence-corrected chi connectivity index (χ3v) is 5.13. The molecule has 0 fully saturated rings. The molecule has 3 rings (SSSR count). The highest BCUT2D eigenvalue weighted by atomic mass is 16.5. The van der Waals surface area contributed by atoms with Gasteiger partial charge in [-0.2, -0.15) is 0 Å². The largest absolute Gasteiger partial charge is 0.497 e. The van der Waals surface area contributed by atoms with Gasteiger partial charge >= 0.3 is 0 Å². The highest BCUT2D eigenvalue weighted by Crippen LogP contribution is 2.22. The van der Waals surface area contributed by atoms with Crippen LogP contribution in [0.1, 0.15) is 35.3 Å². The summed E-state index contributed by atoms with van der Waals surface area (Å²) in [6, 6.07) is 18.6. The Labute approximate surface area is 177 Å². The molecule has 0 radical (unpaired) electrons. The molecule has 0 bridgehead atoms. The summed E-state index contributed by atoms with van der Waals surface area (Å²) in [5.41, 5.74) is 2.62. The zero-order valence-electron chi connectivity index (χ0n) is 17.9. The van der Waals surface area contributed by atoms with Crippen molar-refractivity contribution in [2.24, 2.45) is 5.92 Å². The maximum atomic E-state index is 12.8. The fourth-order valence-corrected chi connectivity index (χ4v) is 3.27. The molecule has 0 aliphatic rings. The lowest BCUT2D eigenvalue weighted by Crippen LogP contribution is -2.49. The molecule has 1 atom stereocenters. The summed E-state index contributed by atoms with van der Waals surface area (Å²) in [7, 11) is 1.65. The number of benzene rings is 3. The smallest absolute Gasteiger partial charge is 0.251 e. The van der Waals surface area contributed by atoms with Crippen LogP contribution in [-0.4, -0.2) is 25.0 Å². The van der Waals surface area contributed by atoms with E-state index >= 15 is 0 Å². The van der Waals surface area contributed by atoms with E-state index < -0.39 is 6.04 Å². The highest BCUT2D eigenvalue weighted by Gasteiger charge is 2.24. The second-order valence-corrected chi connectivity index (χ2v) is 7.83. The first-order valence-corrected chi connectivity index (χ1v) is 10.1. The Morgan fingerprint density at radius 1 is 0.933 bits per heavy atom. The van der Waals surface area contributed by atoms with Gasteiger partial charge in [0.05, 0.1) is 7.11 Å². The molecule has 3 aromatic carbocycles. The van der Waals surface area contributed by atoms with Crippen LogP contribution in [0, 0.1) is 12.8 Å². The molecule has 0 unspecified atom stereocenters. The molecular formula is C25H28N2O3. The normalized spacial score (nSPS) is 11.9. The third kappa shape index (κ3) is 5.17. The van der Waals surface area contributed by atoms with Gasteiger partial charge in [-0.05, 0) is 59.5 Å². The Hall–Kier alpha value is -3.34. The van der Waals surface area contributed by atoms with E-state index in [-0.39, 0.29) is 17.7 Å². The minimum atomic E-state index is -0.608. The maximum Gasteiger partial charge on any atom is 0.251 e. The summed E-state index contributed by atoms with van der Waals surface area (Å²) in [4.78, 5) is 25.3. The first-order chi connectivity index (χ1) is 14.4. The number of hydrogen-bond acceptors (Lipinski definition) is 3. The molecule has 0 aliphatic carbocycles. The maximum absolute atomic E-state index is 12.8. The summed E-state index contributed by atoms with van der Waals surface area (Å²) >= 11 is 0. The second-order valence-electron chi connectivity index (χ2n) is 7.83. The van der Waals surface area contributed by atoms with Crippen LogP contribution in [-0.2, 0) is 11.3 Å². The topological polar surface area (TPSA) is 67.4 Å². The average molecular weight is 405 g/mol. The van der Waals surface area contributed by atoms with Crippen LogP contribution in [0.15, 0.2) is 60.7 Å². The van der Waals surface area contributed by atoms with Crippen molar-refractivity contribution >= 4 is 22.6 Å². The molecule has 5 heteroatoms. The summed E-state index contributed by atoms with van der Waals surface area (Å²) in [5.74, 6) is 0.333. The number of fused-ring (bicyclic) bond motifs is 1. The fourth-order valence-electron chi connectivity index (χ4n) is 3.27. The van der Waals surface area contributed by atoms with Crippen molar-refractivity contribution in [3.05, 3.63) is 77.4 Å². The molecular weight excluding hydrogens is 376 g/mol. The molecule has 30 heavy (non-hydrogen) atoms. The lowest BCUT2D eigenvalue weighted by atomic mass is 10.0. The van der Waals surface area contributed by atoms with Crippen LogP contribution in [0.4, 0.5) is 0 Å². The first-order valence-electron chi connectivity index (χ1n) is 10.1. The summed E-state index contributed by atoms with van der Waals surface area (Å²) in [6.07, 6.45) is 0. The zero-order chi connectivity index (χ0) is 21.7. The molecule has 0 heterocycles. The van der Waals surface area contributed by atoms with E-state index in [0.29, 0.717) is 12.1 Å². The number of aryl methyl sites for hydroxylation is 1. The van der Waals surface area contributed by atoms with Crippen molar-refractivity contribution in [2.75, 3.05) is 7.11 Å². The SMILES string of the molecule is COc1ccc2cc(CNC(=O)[C@H](NC(=O)c3ccc(C)cc3)C(C)C)ccc2c1. The molecule has 0 saturated heterocycles. The van der Waals surface area contributed by atoms with E-state index in [1.54, 1.807) is 19.2 Å². The number of carbonyl (C=O) groups excluding carboxylic acids is 2. The predicted octanol–water partition coefficient (Wildman–Crippen LogP) is 4.23. The van der Waals surface area contributed by atoms with Gasteiger partial charge in [-0.15, -0.1) is 0 Å². The van der Waals surface area contributed by atoms with Gasteiger partial charge in [-0.3, -0.25) is 9.59 Å². The van der Waals surface area contributed by atoms with Crippen LogP contribution < -0.4 is 15.4 Å². The summed E-state index contributed by atoms with van der Waals surface area (Å²) in [6.45, 7) is 6.20. The number of hydrogen-bond donors (Lipinski definition) is 2. The number of amides is 2. The Bertz CT molecular complexity index is 1040. The minimum absolute atomic E-state index is 0.0385. The van der Waals surface area contributed by atoms with E-state index in [1.165, 1.54) is 0 Å². The van der Waals surface area contributed by atoms with Gasteiger partial charge < -0.3 is 15.4 Å². The van der Waals surface area contributed by atoms with E-state index in [1.807, 2.05) is 69.3 Å². The molecule has 5 nitrogen and oxygen atoms in total. The molecule has 0 aliphatic heterocycles. The quantitative estimate of drug-likeness (QED) is 0.619. The van der Waals surface area contributed by atoms with Gasteiger partial charge in [0.15, 0.2) is 0 Å². The third-order valence-electron chi connectivity index (χ3n) is 5.13. The number of rotatable bonds is 7. The fraction of sp³-hybridized carbons (Fsp3) is 0.280. The molecule has 2 N–H and O–H groups in total. The lowest BCUT2D eigenvalue weighted by Gasteiger charge is -2.22. The Balaban J connectivity index is 1.65. The monoisotopic (exact) mass is 404 g/mol. The van der Waals surface area contributed by atoms with Crippen LogP contribution in [0.5, 0.6) is 5.75 Å². The number of nitrogens with one attached hydrogen (secondary N) is 2. The lowest BCUT2D eigenvalue weighted by molar-refractivity contribution is -0.124. The van der Waals surface area contributed by atoms with Gasteiger partial charge in [-0.1, -0.05) is 49.7 Å². The van der Waals surface area contributed by atoms with Gasteiger partial charge in [-0.25, -0.2) is 0 Å². The average Bonchev–Trinajstić information content (AvgIpc) is 2.75. The van der Waals surface area contributed by atoms with Crippen LogP contribution in [0.3, 0.4) is 0 Å². The van der Waals surface area contributed by atoms with Gasteiger partial charge in [0.2, 0.25) is 5.91 Å². The first kappa shape index (κ1) is 21.4. The molecule has 156 valence electrons.